The Morgan fingerprint density at radius 2 is 2.29 bits per heavy atom. The summed E-state index contributed by atoms with van der Waals surface area (Å²) in [7, 11) is -3.46. The zero-order valence-corrected chi connectivity index (χ0v) is 13.5. The molecule has 0 amide bonds. The van der Waals surface area contributed by atoms with Crippen molar-refractivity contribution in [2.45, 2.75) is 56.7 Å². The monoisotopic (exact) mass is 315 g/mol. The molecule has 0 aromatic carbocycles. The van der Waals surface area contributed by atoms with Gasteiger partial charge in [0, 0.05) is 31.1 Å². The van der Waals surface area contributed by atoms with E-state index >= 15 is 0 Å². The van der Waals surface area contributed by atoms with Crippen molar-refractivity contribution in [2.75, 3.05) is 13.2 Å². The molecule has 6 nitrogen and oxygen atoms in total. The molecule has 1 aliphatic heterocycles. The predicted octanol–water partition coefficient (Wildman–Crippen LogP) is 1.36. The molecule has 1 aromatic heterocycles. The summed E-state index contributed by atoms with van der Waals surface area (Å²) < 4.78 is 32.9. The SMILES string of the molecule is CCCNCc1cc(S(=O)(=O)NC2CCOC(C)C2)c[nH]1. The number of nitrogens with one attached hydrogen (secondary N) is 3. The zero-order chi connectivity index (χ0) is 15.3. The molecule has 1 saturated heterocycles. The molecular weight excluding hydrogens is 290 g/mol. The van der Waals surface area contributed by atoms with Gasteiger partial charge in [-0.2, -0.15) is 0 Å². The van der Waals surface area contributed by atoms with Crippen LogP contribution in [0, 0.1) is 0 Å². The molecule has 2 unspecified atom stereocenters. The molecule has 0 radical (unpaired) electrons. The molecule has 0 spiro atoms. The molecule has 7 heteroatoms. The summed E-state index contributed by atoms with van der Waals surface area (Å²) >= 11 is 0. The lowest BCUT2D eigenvalue weighted by Gasteiger charge is -2.27. The Kier molecular flexibility index (Phi) is 5.80. The van der Waals surface area contributed by atoms with Crippen LogP contribution in [-0.4, -0.2) is 38.7 Å². The summed E-state index contributed by atoms with van der Waals surface area (Å²) in [5.74, 6) is 0. The molecule has 120 valence electrons. The predicted molar refractivity (Wildman–Crippen MR) is 81.5 cm³/mol. The fourth-order valence-corrected chi connectivity index (χ4v) is 3.77. The lowest BCUT2D eigenvalue weighted by atomic mass is 10.1. The van der Waals surface area contributed by atoms with Gasteiger partial charge >= 0.3 is 0 Å². The third kappa shape index (κ3) is 4.81. The first-order chi connectivity index (χ1) is 10.0. The second kappa shape index (κ2) is 7.40. The molecule has 2 heterocycles. The molecule has 1 aromatic rings. The third-order valence-electron chi connectivity index (χ3n) is 3.58. The van der Waals surface area contributed by atoms with Crippen LogP contribution in [0.5, 0.6) is 0 Å². The van der Waals surface area contributed by atoms with Gasteiger partial charge in [-0.1, -0.05) is 6.92 Å². The van der Waals surface area contributed by atoms with E-state index in [1.54, 1.807) is 12.3 Å². The van der Waals surface area contributed by atoms with Crippen LogP contribution >= 0.6 is 0 Å². The number of rotatable bonds is 7. The molecule has 3 N–H and O–H groups in total. The number of aromatic amines is 1. The highest BCUT2D eigenvalue weighted by Gasteiger charge is 2.25. The molecule has 0 saturated carbocycles. The highest BCUT2D eigenvalue weighted by molar-refractivity contribution is 7.89. The van der Waals surface area contributed by atoms with Gasteiger partial charge in [-0.3, -0.25) is 0 Å². The van der Waals surface area contributed by atoms with Gasteiger partial charge in [0.25, 0.3) is 0 Å². The van der Waals surface area contributed by atoms with Crippen LogP contribution in [0.2, 0.25) is 0 Å². The van der Waals surface area contributed by atoms with Gasteiger partial charge in [0.2, 0.25) is 10.0 Å². The van der Waals surface area contributed by atoms with Crippen molar-refractivity contribution in [1.29, 1.82) is 0 Å². The number of sulfonamides is 1. The van der Waals surface area contributed by atoms with Gasteiger partial charge in [-0.05, 0) is 38.8 Å². The van der Waals surface area contributed by atoms with E-state index in [0.717, 1.165) is 25.1 Å². The Labute approximate surface area is 126 Å². The van der Waals surface area contributed by atoms with E-state index in [2.05, 4.69) is 21.9 Å². The van der Waals surface area contributed by atoms with Crippen LogP contribution in [-0.2, 0) is 21.3 Å². The fraction of sp³-hybridized carbons (Fsp3) is 0.714. The van der Waals surface area contributed by atoms with Crippen molar-refractivity contribution in [2.24, 2.45) is 0 Å². The molecule has 0 aliphatic carbocycles. The van der Waals surface area contributed by atoms with Gasteiger partial charge in [0.1, 0.15) is 0 Å². The highest BCUT2D eigenvalue weighted by atomic mass is 32.2. The standard InChI is InChI=1S/C14H25N3O3S/c1-3-5-15-9-13-8-14(10-16-13)21(18,19)17-12-4-6-20-11(2)7-12/h8,10-12,15-17H,3-7,9H2,1-2H3. The number of H-pyrrole nitrogens is 1. The smallest absolute Gasteiger partial charge is 0.242 e. The third-order valence-corrected chi connectivity index (χ3v) is 5.08. The second-order valence-electron chi connectivity index (χ2n) is 5.56. The maximum atomic E-state index is 12.4. The molecule has 1 fully saturated rings. The van der Waals surface area contributed by atoms with Crippen molar-refractivity contribution < 1.29 is 13.2 Å². The number of aromatic nitrogens is 1. The average Bonchev–Trinajstić information content (AvgIpc) is 2.88. The van der Waals surface area contributed by atoms with Crippen molar-refractivity contribution in [3.05, 3.63) is 18.0 Å². The Morgan fingerprint density at radius 1 is 1.48 bits per heavy atom. The van der Waals surface area contributed by atoms with Crippen LogP contribution < -0.4 is 10.0 Å². The number of hydrogen-bond acceptors (Lipinski definition) is 4. The van der Waals surface area contributed by atoms with Gasteiger partial charge in [-0.25, -0.2) is 13.1 Å². The van der Waals surface area contributed by atoms with E-state index in [9.17, 15) is 8.42 Å². The molecular formula is C14H25N3O3S. The Bertz CT molecular complexity index is 541. The van der Waals surface area contributed by atoms with E-state index < -0.39 is 10.0 Å². The van der Waals surface area contributed by atoms with Crippen molar-refractivity contribution in [3.8, 4) is 0 Å². The van der Waals surface area contributed by atoms with Gasteiger partial charge in [0.15, 0.2) is 0 Å². The normalized spacial score (nSPS) is 23.3. The Morgan fingerprint density at radius 3 is 3.00 bits per heavy atom. The molecule has 2 rings (SSSR count). The summed E-state index contributed by atoms with van der Waals surface area (Å²) in [6.45, 7) is 6.23. The quantitative estimate of drug-likeness (QED) is 0.664. The van der Waals surface area contributed by atoms with Gasteiger partial charge < -0.3 is 15.0 Å². The topological polar surface area (TPSA) is 83.2 Å². The average molecular weight is 315 g/mol. The van der Waals surface area contributed by atoms with Crippen LogP contribution in [0.3, 0.4) is 0 Å². The van der Waals surface area contributed by atoms with Crippen LogP contribution in [0.4, 0.5) is 0 Å². The van der Waals surface area contributed by atoms with Crippen LogP contribution in [0.1, 0.15) is 38.8 Å². The minimum absolute atomic E-state index is 0.0460. The highest BCUT2D eigenvalue weighted by Crippen LogP contribution is 2.17. The summed E-state index contributed by atoms with van der Waals surface area (Å²) in [5.41, 5.74) is 0.879. The van der Waals surface area contributed by atoms with Crippen molar-refractivity contribution in [1.82, 2.24) is 15.0 Å². The maximum Gasteiger partial charge on any atom is 0.242 e. The number of hydrogen-bond donors (Lipinski definition) is 3. The molecule has 2 atom stereocenters. The minimum Gasteiger partial charge on any atom is -0.378 e. The van der Waals surface area contributed by atoms with E-state index in [0.29, 0.717) is 24.5 Å². The first-order valence-electron chi connectivity index (χ1n) is 7.53. The largest absolute Gasteiger partial charge is 0.378 e. The Balaban J connectivity index is 1.95. The van der Waals surface area contributed by atoms with E-state index in [1.165, 1.54) is 0 Å². The molecule has 1 aliphatic rings. The lowest BCUT2D eigenvalue weighted by molar-refractivity contribution is 0.0173. The zero-order valence-electron chi connectivity index (χ0n) is 12.7. The first kappa shape index (κ1) is 16.5. The van der Waals surface area contributed by atoms with Gasteiger partial charge in [-0.15, -0.1) is 0 Å². The van der Waals surface area contributed by atoms with E-state index in [-0.39, 0.29) is 12.1 Å². The summed E-state index contributed by atoms with van der Waals surface area (Å²) in [6, 6.07) is 1.64. The second-order valence-corrected chi connectivity index (χ2v) is 7.28. The minimum atomic E-state index is -3.46. The summed E-state index contributed by atoms with van der Waals surface area (Å²) in [6.07, 6.45) is 4.14. The fourth-order valence-electron chi connectivity index (χ4n) is 2.47. The first-order valence-corrected chi connectivity index (χ1v) is 9.01. The van der Waals surface area contributed by atoms with Crippen molar-refractivity contribution in [3.63, 3.8) is 0 Å². The Hall–Kier alpha value is -0.890. The summed E-state index contributed by atoms with van der Waals surface area (Å²) in [5, 5.41) is 3.24. The lowest BCUT2D eigenvalue weighted by Crippen LogP contribution is -2.41. The van der Waals surface area contributed by atoms with Gasteiger partial charge in [0.05, 0.1) is 11.0 Å². The summed E-state index contributed by atoms with van der Waals surface area (Å²) in [4.78, 5) is 3.31. The maximum absolute atomic E-state index is 12.4. The van der Waals surface area contributed by atoms with Crippen LogP contribution in [0.15, 0.2) is 17.2 Å². The van der Waals surface area contributed by atoms with Crippen LogP contribution in [0.25, 0.3) is 0 Å². The number of ether oxygens (including phenoxy) is 1. The van der Waals surface area contributed by atoms with E-state index in [1.807, 2.05) is 6.92 Å². The molecule has 21 heavy (non-hydrogen) atoms. The van der Waals surface area contributed by atoms with Crippen molar-refractivity contribution >= 4 is 10.0 Å². The molecule has 0 bridgehead atoms. The van der Waals surface area contributed by atoms with E-state index in [4.69, 9.17) is 4.74 Å².